The molecule has 0 bridgehead atoms. The summed E-state index contributed by atoms with van der Waals surface area (Å²) in [6.45, 7) is 3.19. The Morgan fingerprint density at radius 2 is 1.88 bits per heavy atom. The fraction of sp³-hybridized carbons (Fsp3) is 0.923. The van der Waals surface area contributed by atoms with Crippen LogP contribution in [0.3, 0.4) is 0 Å². The molecule has 0 aromatic heterocycles. The molecule has 0 radical (unpaired) electrons. The van der Waals surface area contributed by atoms with Crippen molar-refractivity contribution in [2.45, 2.75) is 64.0 Å². The number of hydrogen-bond donors (Lipinski definition) is 1. The quantitative estimate of drug-likeness (QED) is 0.785. The van der Waals surface area contributed by atoms with Crippen LogP contribution in [-0.4, -0.2) is 34.6 Å². The molecular weight excluding hydrogens is 202 g/mol. The van der Waals surface area contributed by atoms with Crippen LogP contribution in [0.5, 0.6) is 0 Å². The highest BCUT2D eigenvalue weighted by atomic mass is 16.4. The molecule has 1 heterocycles. The summed E-state index contributed by atoms with van der Waals surface area (Å²) in [4.78, 5) is 13.5. The number of nitrogens with zero attached hydrogens (tertiary/aromatic N) is 1. The van der Waals surface area contributed by atoms with Crippen LogP contribution in [0, 0.1) is 5.92 Å². The number of likely N-dealkylation sites (tertiary alicyclic amines) is 1. The van der Waals surface area contributed by atoms with E-state index in [2.05, 4.69) is 11.8 Å². The van der Waals surface area contributed by atoms with E-state index in [9.17, 15) is 4.79 Å². The van der Waals surface area contributed by atoms with E-state index < -0.39 is 5.97 Å². The summed E-state index contributed by atoms with van der Waals surface area (Å²) in [6.07, 6.45) is 8.43. The van der Waals surface area contributed by atoms with Crippen LogP contribution in [0.4, 0.5) is 0 Å². The van der Waals surface area contributed by atoms with Gasteiger partial charge in [0.15, 0.2) is 0 Å². The minimum absolute atomic E-state index is 0.102. The second-order valence-electron chi connectivity index (χ2n) is 5.44. The molecule has 0 amide bonds. The molecule has 2 atom stereocenters. The molecular formula is C13H23NO2. The molecule has 3 nitrogen and oxygen atoms in total. The molecule has 1 N–H and O–H groups in total. The summed E-state index contributed by atoms with van der Waals surface area (Å²) < 4.78 is 0. The van der Waals surface area contributed by atoms with Crippen molar-refractivity contribution in [1.82, 2.24) is 4.90 Å². The van der Waals surface area contributed by atoms with Crippen molar-refractivity contribution in [2.24, 2.45) is 5.92 Å². The Morgan fingerprint density at radius 1 is 1.19 bits per heavy atom. The Labute approximate surface area is 97.8 Å². The van der Waals surface area contributed by atoms with Gasteiger partial charge in [0.1, 0.15) is 0 Å². The first-order chi connectivity index (χ1) is 7.68. The van der Waals surface area contributed by atoms with Gasteiger partial charge in [-0.2, -0.15) is 0 Å². The van der Waals surface area contributed by atoms with Crippen molar-refractivity contribution >= 4 is 5.97 Å². The molecule has 0 aromatic carbocycles. The van der Waals surface area contributed by atoms with Crippen molar-refractivity contribution in [1.29, 1.82) is 0 Å². The van der Waals surface area contributed by atoms with Gasteiger partial charge in [0.2, 0.25) is 0 Å². The maximum absolute atomic E-state index is 11.0. The Morgan fingerprint density at radius 3 is 2.44 bits per heavy atom. The number of carbonyl (C=O) groups is 1. The lowest BCUT2D eigenvalue weighted by Crippen LogP contribution is -2.48. The molecule has 2 fully saturated rings. The maximum atomic E-state index is 11.0. The van der Waals surface area contributed by atoms with Gasteiger partial charge in [-0.05, 0) is 39.2 Å². The molecule has 3 heteroatoms. The summed E-state index contributed by atoms with van der Waals surface area (Å²) in [5, 5.41) is 9.03. The zero-order chi connectivity index (χ0) is 11.5. The summed E-state index contributed by atoms with van der Waals surface area (Å²) >= 11 is 0. The minimum Gasteiger partial charge on any atom is -0.481 e. The molecule has 2 rings (SSSR count). The number of carboxylic acids is 1. The van der Waals surface area contributed by atoms with Gasteiger partial charge in [-0.1, -0.05) is 19.3 Å². The predicted octanol–water partition coefficient (Wildman–Crippen LogP) is 2.50. The molecule has 1 saturated heterocycles. The standard InChI is InChI=1S/C13H23NO2/c1-10-9-11(13(15)16)7-8-14(10)12-5-3-2-4-6-12/h10-12H,2-9H2,1H3,(H,15,16). The molecule has 2 unspecified atom stereocenters. The van der Waals surface area contributed by atoms with Crippen molar-refractivity contribution in [3.05, 3.63) is 0 Å². The lowest BCUT2D eigenvalue weighted by molar-refractivity contribution is -0.144. The Bertz CT molecular complexity index is 248. The lowest BCUT2D eigenvalue weighted by atomic mass is 9.87. The first-order valence-electron chi connectivity index (χ1n) is 6.67. The van der Waals surface area contributed by atoms with Crippen molar-refractivity contribution in [3.8, 4) is 0 Å². The molecule has 2 aliphatic rings. The minimum atomic E-state index is -0.602. The van der Waals surface area contributed by atoms with Crippen LogP contribution in [-0.2, 0) is 4.79 Å². The van der Waals surface area contributed by atoms with E-state index in [1.54, 1.807) is 0 Å². The SMILES string of the molecule is CC1CC(C(=O)O)CCN1C1CCCCC1. The summed E-state index contributed by atoms with van der Waals surface area (Å²) in [5.41, 5.74) is 0. The summed E-state index contributed by atoms with van der Waals surface area (Å²) in [5.74, 6) is -0.704. The fourth-order valence-electron chi connectivity index (χ4n) is 3.37. The van der Waals surface area contributed by atoms with Gasteiger partial charge in [0.05, 0.1) is 5.92 Å². The van der Waals surface area contributed by atoms with E-state index in [1.807, 2.05) is 0 Å². The fourth-order valence-corrected chi connectivity index (χ4v) is 3.37. The summed E-state index contributed by atoms with van der Waals surface area (Å²) in [7, 11) is 0. The number of rotatable bonds is 2. The largest absolute Gasteiger partial charge is 0.481 e. The van der Waals surface area contributed by atoms with Gasteiger partial charge in [-0.15, -0.1) is 0 Å². The molecule has 0 spiro atoms. The zero-order valence-corrected chi connectivity index (χ0v) is 10.2. The monoisotopic (exact) mass is 225 g/mol. The van der Waals surface area contributed by atoms with E-state index in [0.717, 1.165) is 25.4 Å². The van der Waals surface area contributed by atoms with Crippen molar-refractivity contribution in [3.63, 3.8) is 0 Å². The van der Waals surface area contributed by atoms with Gasteiger partial charge in [0.25, 0.3) is 0 Å². The number of piperidine rings is 1. The molecule has 1 aliphatic heterocycles. The topological polar surface area (TPSA) is 40.5 Å². The maximum Gasteiger partial charge on any atom is 0.306 e. The highest BCUT2D eigenvalue weighted by Gasteiger charge is 2.33. The molecule has 1 aliphatic carbocycles. The smallest absolute Gasteiger partial charge is 0.306 e. The highest BCUT2D eigenvalue weighted by molar-refractivity contribution is 5.70. The average Bonchev–Trinajstić information content (AvgIpc) is 2.30. The van der Waals surface area contributed by atoms with E-state index in [-0.39, 0.29) is 5.92 Å². The van der Waals surface area contributed by atoms with Gasteiger partial charge in [-0.3, -0.25) is 9.69 Å². The highest BCUT2D eigenvalue weighted by Crippen LogP contribution is 2.30. The normalized spacial score (nSPS) is 33.8. The van der Waals surface area contributed by atoms with Crippen molar-refractivity contribution < 1.29 is 9.90 Å². The third-order valence-electron chi connectivity index (χ3n) is 4.32. The average molecular weight is 225 g/mol. The Kier molecular flexibility index (Phi) is 3.85. The second kappa shape index (κ2) is 5.17. The van der Waals surface area contributed by atoms with Crippen LogP contribution in [0.15, 0.2) is 0 Å². The third kappa shape index (κ3) is 2.57. The van der Waals surface area contributed by atoms with Gasteiger partial charge >= 0.3 is 5.97 Å². The molecule has 16 heavy (non-hydrogen) atoms. The zero-order valence-electron chi connectivity index (χ0n) is 10.2. The Balaban J connectivity index is 1.90. The van der Waals surface area contributed by atoms with Gasteiger partial charge in [-0.25, -0.2) is 0 Å². The molecule has 92 valence electrons. The lowest BCUT2D eigenvalue weighted by Gasteiger charge is -2.43. The van der Waals surface area contributed by atoms with Crippen LogP contribution in [0.1, 0.15) is 51.9 Å². The Hall–Kier alpha value is -0.570. The van der Waals surface area contributed by atoms with Gasteiger partial charge in [0, 0.05) is 12.1 Å². The van der Waals surface area contributed by atoms with Crippen LogP contribution in [0.25, 0.3) is 0 Å². The van der Waals surface area contributed by atoms with E-state index in [4.69, 9.17) is 5.11 Å². The first-order valence-corrected chi connectivity index (χ1v) is 6.67. The molecule has 1 saturated carbocycles. The second-order valence-corrected chi connectivity index (χ2v) is 5.44. The van der Waals surface area contributed by atoms with Crippen LogP contribution < -0.4 is 0 Å². The van der Waals surface area contributed by atoms with E-state index in [1.165, 1.54) is 32.1 Å². The number of carboxylic acid groups (broad SMARTS) is 1. The van der Waals surface area contributed by atoms with E-state index in [0.29, 0.717) is 6.04 Å². The molecule has 0 aromatic rings. The van der Waals surface area contributed by atoms with Crippen LogP contribution >= 0.6 is 0 Å². The number of aliphatic carboxylic acids is 1. The third-order valence-corrected chi connectivity index (χ3v) is 4.32. The van der Waals surface area contributed by atoms with Gasteiger partial charge < -0.3 is 5.11 Å². The first kappa shape index (κ1) is 11.9. The number of hydrogen-bond acceptors (Lipinski definition) is 2. The van der Waals surface area contributed by atoms with Crippen molar-refractivity contribution in [2.75, 3.05) is 6.54 Å². The summed E-state index contributed by atoms with van der Waals surface area (Å²) in [6, 6.07) is 1.19. The predicted molar refractivity (Wildman–Crippen MR) is 63.4 cm³/mol. The van der Waals surface area contributed by atoms with Crippen LogP contribution in [0.2, 0.25) is 0 Å². The van der Waals surface area contributed by atoms with E-state index >= 15 is 0 Å².